The molecule has 1 aliphatic carbocycles. The van der Waals surface area contributed by atoms with Gasteiger partial charge in [0.15, 0.2) is 0 Å². The molecule has 0 saturated heterocycles. The third-order valence-electron chi connectivity index (χ3n) is 3.86. The van der Waals surface area contributed by atoms with E-state index in [2.05, 4.69) is 50.2 Å². The van der Waals surface area contributed by atoms with Crippen LogP contribution in [0.5, 0.6) is 0 Å². The fourth-order valence-electron chi connectivity index (χ4n) is 2.47. The van der Waals surface area contributed by atoms with E-state index in [4.69, 9.17) is 0 Å². The summed E-state index contributed by atoms with van der Waals surface area (Å²) < 4.78 is 2.03. The van der Waals surface area contributed by atoms with Crippen LogP contribution in [-0.4, -0.2) is 29.4 Å². The monoisotopic (exact) mass is 264 g/mol. The number of anilines is 1. The molecule has 1 fully saturated rings. The molecule has 2 rings (SSSR count). The van der Waals surface area contributed by atoms with Crippen LogP contribution < -0.4 is 10.2 Å². The maximum atomic E-state index is 4.59. The van der Waals surface area contributed by atoms with E-state index in [0.717, 1.165) is 30.7 Å². The van der Waals surface area contributed by atoms with Crippen LogP contribution in [-0.2, 0) is 13.6 Å². The van der Waals surface area contributed by atoms with Crippen LogP contribution in [0.2, 0.25) is 0 Å². The second kappa shape index (κ2) is 5.95. The summed E-state index contributed by atoms with van der Waals surface area (Å²) in [7, 11) is 4.23. The van der Waals surface area contributed by atoms with Crippen molar-refractivity contribution in [2.75, 3.05) is 18.5 Å². The Bertz CT molecular complexity index is 418. The number of nitrogens with zero attached hydrogens (tertiary/aromatic N) is 3. The summed E-state index contributed by atoms with van der Waals surface area (Å²) >= 11 is 0. The fraction of sp³-hybridized carbons (Fsp3) is 0.800. The zero-order chi connectivity index (χ0) is 14.0. The lowest BCUT2D eigenvalue weighted by atomic mass is 10.1. The Morgan fingerprint density at radius 2 is 2.11 bits per heavy atom. The normalized spacial score (nSPS) is 15.3. The van der Waals surface area contributed by atoms with Gasteiger partial charge in [-0.05, 0) is 32.1 Å². The first-order valence-electron chi connectivity index (χ1n) is 7.46. The zero-order valence-electron chi connectivity index (χ0n) is 13.0. The summed E-state index contributed by atoms with van der Waals surface area (Å²) in [6.07, 6.45) is 3.88. The van der Waals surface area contributed by atoms with E-state index in [1.165, 1.54) is 30.6 Å². The van der Waals surface area contributed by atoms with Crippen molar-refractivity contribution in [3.8, 4) is 0 Å². The van der Waals surface area contributed by atoms with Gasteiger partial charge in [0.1, 0.15) is 5.82 Å². The van der Waals surface area contributed by atoms with Crippen molar-refractivity contribution in [1.29, 1.82) is 0 Å². The predicted molar refractivity (Wildman–Crippen MR) is 80.5 cm³/mol. The first kappa shape index (κ1) is 14.4. The molecule has 19 heavy (non-hydrogen) atoms. The van der Waals surface area contributed by atoms with Crippen LogP contribution in [0.15, 0.2) is 0 Å². The summed E-state index contributed by atoms with van der Waals surface area (Å²) in [6, 6.07) is 0.744. The first-order chi connectivity index (χ1) is 8.99. The van der Waals surface area contributed by atoms with Crippen molar-refractivity contribution in [1.82, 2.24) is 15.1 Å². The summed E-state index contributed by atoms with van der Waals surface area (Å²) in [4.78, 5) is 2.35. The van der Waals surface area contributed by atoms with Gasteiger partial charge in [-0.1, -0.05) is 13.8 Å². The number of hydrogen-bond acceptors (Lipinski definition) is 3. The second-order valence-electron chi connectivity index (χ2n) is 6.27. The maximum Gasteiger partial charge on any atom is 0.131 e. The number of aromatic nitrogens is 2. The molecule has 1 aliphatic rings. The minimum Gasteiger partial charge on any atom is -0.360 e. The van der Waals surface area contributed by atoms with Gasteiger partial charge < -0.3 is 10.2 Å². The van der Waals surface area contributed by atoms with Crippen LogP contribution in [0.4, 0.5) is 5.82 Å². The van der Waals surface area contributed by atoms with Crippen LogP contribution in [0.25, 0.3) is 0 Å². The Balaban J connectivity index is 2.07. The molecular formula is C15H28N4. The Labute approximate surface area is 117 Å². The highest BCUT2D eigenvalue weighted by Crippen LogP contribution is 2.25. The lowest BCUT2D eigenvalue weighted by Crippen LogP contribution is -2.25. The Hall–Kier alpha value is -1.03. The van der Waals surface area contributed by atoms with Crippen LogP contribution >= 0.6 is 0 Å². The third-order valence-corrected chi connectivity index (χ3v) is 3.86. The Morgan fingerprint density at radius 3 is 2.68 bits per heavy atom. The zero-order valence-corrected chi connectivity index (χ0v) is 13.0. The molecule has 4 heteroatoms. The maximum absolute atomic E-state index is 4.59. The van der Waals surface area contributed by atoms with Gasteiger partial charge in [-0.2, -0.15) is 5.10 Å². The van der Waals surface area contributed by atoms with E-state index < -0.39 is 0 Å². The fourth-order valence-corrected chi connectivity index (χ4v) is 2.47. The van der Waals surface area contributed by atoms with Gasteiger partial charge in [0.2, 0.25) is 0 Å². The molecular weight excluding hydrogens is 236 g/mol. The van der Waals surface area contributed by atoms with E-state index >= 15 is 0 Å². The molecule has 1 aromatic heterocycles. The largest absolute Gasteiger partial charge is 0.360 e. The molecule has 4 nitrogen and oxygen atoms in total. The molecule has 0 bridgehead atoms. The summed E-state index contributed by atoms with van der Waals surface area (Å²) in [5.74, 6) is 2.01. The quantitative estimate of drug-likeness (QED) is 0.821. The second-order valence-corrected chi connectivity index (χ2v) is 6.27. The van der Waals surface area contributed by atoms with Crippen molar-refractivity contribution >= 4 is 5.82 Å². The molecule has 108 valence electrons. The Morgan fingerprint density at radius 1 is 1.42 bits per heavy atom. The van der Waals surface area contributed by atoms with Gasteiger partial charge in [0.05, 0.1) is 5.69 Å². The van der Waals surface area contributed by atoms with E-state index in [0.29, 0.717) is 0 Å². The van der Waals surface area contributed by atoms with E-state index in [1.807, 2.05) is 4.68 Å². The van der Waals surface area contributed by atoms with Crippen LogP contribution in [0.3, 0.4) is 0 Å². The third kappa shape index (κ3) is 3.72. The molecule has 0 aliphatic heterocycles. The lowest BCUT2D eigenvalue weighted by Gasteiger charge is -2.22. The lowest BCUT2D eigenvalue weighted by molar-refractivity contribution is 0.577. The minimum atomic E-state index is 0.741. The van der Waals surface area contributed by atoms with Gasteiger partial charge in [0.25, 0.3) is 0 Å². The topological polar surface area (TPSA) is 33.1 Å². The smallest absolute Gasteiger partial charge is 0.131 e. The molecule has 1 N–H and O–H groups in total. The molecule has 0 spiro atoms. The predicted octanol–water partition coefficient (Wildman–Crippen LogP) is 2.46. The van der Waals surface area contributed by atoms with Crippen LogP contribution in [0.1, 0.15) is 44.4 Å². The van der Waals surface area contributed by atoms with Crippen LogP contribution in [0, 0.1) is 12.8 Å². The molecule has 0 aromatic carbocycles. The van der Waals surface area contributed by atoms with Gasteiger partial charge in [-0.15, -0.1) is 0 Å². The first-order valence-corrected chi connectivity index (χ1v) is 7.46. The summed E-state index contributed by atoms with van der Waals surface area (Å²) in [6.45, 7) is 8.71. The highest BCUT2D eigenvalue weighted by Gasteiger charge is 2.23. The number of aryl methyl sites for hydroxylation is 2. The Kier molecular flexibility index (Phi) is 4.50. The van der Waals surface area contributed by atoms with Crippen molar-refractivity contribution < 1.29 is 0 Å². The molecule has 0 atom stereocenters. The highest BCUT2D eigenvalue weighted by atomic mass is 15.4. The average Bonchev–Trinajstić information content (AvgIpc) is 3.10. The molecule has 1 saturated carbocycles. The number of hydrogen-bond donors (Lipinski definition) is 1. The highest BCUT2D eigenvalue weighted by molar-refractivity contribution is 5.49. The SMILES string of the molecule is Cc1nn(C)c(N(C)CCC(C)C)c1CNC1CC1. The van der Waals surface area contributed by atoms with Gasteiger partial charge in [-0.25, -0.2) is 0 Å². The standard InChI is InChI=1S/C15H28N4/c1-11(2)8-9-18(4)15-14(10-16-13-6-7-13)12(3)17-19(15)5/h11,13,16H,6-10H2,1-5H3. The van der Waals surface area contributed by atoms with E-state index in [9.17, 15) is 0 Å². The average molecular weight is 264 g/mol. The molecule has 1 heterocycles. The van der Waals surface area contributed by atoms with Crippen molar-refractivity contribution in [3.63, 3.8) is 0 Å². The van der Waals surface area contributed by atoms with Crippen molar-refractivity contribution in [3.05, 3.63) is 11.3 Å². The summed E-state index contributed by atoms with van der Waals surface area (Å²) in [5.41, 5.74) is 2.52. The number of nitrogens with one attached hydrogen (secondary N) is 1. The van der Waals surface area contributed by atoms with E-state index in [1.54, 1.807) is 0 Å². The van der Waals surface area contributed by atoms with Crippen molar-refractivity contribution in [2.45, 2.75) is 52.6 Å². The van der Waals surface area contributed by atoms with Crippen molar-refractivity contribution in [2.24, 2.45) is 13.0 Å². The number of rotatable bonds is 7. The minimum absolute atomic E-state index is 0.741. The molecule has 0 radical (unpaired) electrons. The molecule has 0 amide bonds. The van der Waals surface area contributed by atoms with Gasteiger partial charge in [0, 0.05) is 38.8 Å². The van der Waals surface area contributed by atoms with Gasteiger partial charge >= 0.3 is 0 Å². The molecule has 0 unspecified atom stereocenters. The van der Waals surface area contributed by atoms with Gasteiger partial charge in [-0.3, -0.25) is 4.68 Å². The summed E-state index contributed by atoms with van der Waals surface area (Å²) in [5, 5.41) is 8.20. The molecule has 1 aromatic rings. The van der Waals surface area contributed by atoms with E-state index in [-0.39, 0.29) is 0 Å².